The van der Waals surface area contributed by atoms with Crippen molar-refractivity contribution in [2.45, 2.75) is 26.3 Å². The number of likely N-dealkylation sites (tertiary alicyclic amines) is 1. The molecule has 0 atom stereocenters. The zero-order valence-corrected chi connectivity index (χ0v) is 15.5. The molecule has 1 aliphatic rings. The highest BCUT2D eigenvalue weighted by Gasteiger charge is 2.26. The van der Waals surface area contributed by atoms with Crippen molar-refractivity contribution in [3.05, 3.63) is 64.3 Å². The van der Waals surface area contributed by atoms with Crippen LogP contribution in [0.5, 0.6) is 0 Å². The molecule has 134 valence electrons. The molecule has 4 nitrogen and oxygen atoms in total. The summed E-state index contributed by atoms with van der Waals surface area (Å²) < 4.78 is 1.83. The highest BCUT2D eigenvalue weighted by atomic mass is 35.5. The molecule has 2 heterocycles. The van der Waals surface area contributed by atoms with E-state index in [1.54, 1.807) is 0 Å². The first-order valence-corrected chi connectivity index (χ1v) is 9.28. The number of carboxylic acid groups (broad SMARTS) is 1. The number of aromatic carboxylic acids is 1. The Kier molecular flexibility index (Phi) is 4.47. The second-order valence-electron chi connectivity index (χ2n) is 6.91. The highest BCUT2D eigenvalue weighted by molar-refractivity contribution is 6.32. The molecule has 0 amide bonds. The number of hydrogen-bond donors (Lipinski definition) is 1. The van der Waals surface area contributed by atoms with Gasteiger partial charge in [0.2, 0.25) is 0 Å². The van der Waals surface area contributed by atoms with Gasteiger partial charge in [-0.1, -0.05) is 29.8 Å². The first-order chi connectivity index (χ1) is 12.6. The first-order valence-electron chi connectivity index (χ1n) is 8.91. The second kappa shape index (κ2) is 6.78. The van der Waals surface area contributed by atoms with E-state index < -0.39 is 5.97 Å². The van der Waals surface area contributed by atoms with Crippen LogP contribution in [0.25, 0.3) is 16.6 Å². The molecule has 0 spiro atoms. The maximum Gasteiger partial charge on any atom is 0.353 e. The summed E-state index contributed by atoms with van der Waals surface area (Å²) in [5.41, 5.74) is 3.85. The molecule has 1 aliphatic heterocycles. The van der Waals surface area contributed by atoms with Crippen LogP contribution in [0.4, 0.5) is 0 Å². The average molecular weight is 369 g/mol. The van der Waals surface area contributed by atoms with Crippen molar-refractivity contribution in [2.24, 2.45) is 0 Å². The van der Waals surface area contributed by atoms with Crippen LogP contribution in [0, 0.1) is 6.92 Å². The molecular formula is C21H21ClN2O2. The Morgan fingerprint density at radius 1 is 1.15 bits per heavy atom. The Morgan fingerprint density at radius 2 is 1.85 bits per heavy atom. The van der Waals surface area contributed by atoms with Gasteiger partial charge in [-0.25, -0.2) is 4.79 Å². The summed E-state index contributed by atoms with van der Waals surface area (Å²) in [5.74, 6) is -0.909. The summed E-state index contributed by atoms with van der Waals surface area (Å²) in [4.78, 5) is 14.6. The number of benzene rings is 2. The van der Waals surface area contributed by atoms with E-state index in [9.17, 15) is 9.90 Å². The Bertz CT molecular complexity index is 973. The van der Waals surface area contributed by atoms with Crippen LogP contribution in [0.1, 0.15) is 34.5 Å². The topological polar surface area (TPSA) is 45.5 Å². The second-order valence-corrected chi connectivity index (χ2v) is 7.31. The van der Waals surface area contributed by atoms with E-state index >= 15 is 0 Å². The SMILES string of the molecule is Cc1cc2c(CN3CCCC3)c(C(=O)O)n(-c3ccccc3)c2cc1Cl. The lowest BCUT2D eigenvalue weighted by Crippen LogP contribution is -2.20. The standard InChI is InChI=1S/C21H21ClN2O2/c1-14-11-16-17(13-23-9-5-6-10-23)20(21(25)26)24(19(16)12-18(14)22)15-7-3-2-4-8-15/h2-4,7-8,11-12H,5-6,9-10,13H2,1H3,(H,25,26). The number of rotatable bonds is 4. The Morgan fingerprint density at radius 3 is 2.50 bits per heavy atom. The van der Waals surface area contributed by atoms with Gasteiger partial charge in [0.05, 0.1) is 5.52 Å². The van der Waals surface area contributed by atoms with E-state index in [1.807, 2.05) is 54.0 Å². The molecule has 1 aromatic heterocycles. The minimum absolute atomic E-state index is 0.333. The molecule has 0 aliphatic carbocycles. The fraction of sp³-hybridized carbons (Fsp3) is 0.286. The van der Waals surface area contributed by atoms with Gasteiger partial charge in [-0.3, -0.25) is 4.90 Å². The third kappa shape index (κ3) is 2.89. The molecule has 0 saturated carbocycles. The van der Waals surface area contributed by atoms with Gasteiger partial charge in [0, 0.05) is 28.2 Å². The minimum atomic E-state index is -0.909. The number of aromatic nitrogens is 1. The predicted octanol–water partition coefficient (Wildman–Crippen LogP) is 4.89. The Balaban J connectivity index is 2.03. The summed E-state index contributed by atoms with van der Waals surface area (Å²) in [6.07, 6.45) is 2.34. The van der Waals surface area contributed by atoms with E-state index in [2.05, 4.69) is 4.90 Å². The van der Waals surface area contributed by atoms with Crippen molar-refractivity contribution in [1.29, 1.82) is 0 Å². The van der Waals surface area contributed by atoms with E-state index in [-0.39, 0.29) is 0 Å². The monoisotopic (exact) mass is 368 g/mol. The highest BCUT2D eigenvalue weighted by Crippen LogP contribution is 2.34. The zero-order chi connectivity index (χ0) is 18.3. The van der Waals surface area contributed by atoms with Gasteiger partial charge in [-0.15, -0.1) is 0 Å². The van der Waals surface area contributed by atoms with Crippen molar-refractivity contribution in [3.63, 3.8) is 0 Å². The van der Waals surface area contributed by atoms with Crippen LogP contribution in [0.15, 0.2) is 42.5 Å². The number of para-hydroxylation sites is 1. The lowest BCUT2D eigenvalue weighted by atomic mass is 10.1. The summed E-state index contributed by atoms with van der Waals surface area (Å²) in [6.45, 7) is 4.65. The molecule has 1 saturated heterocycles. The molecule has 0 unspecified atom stereocenters. The van der Waals surface area contributed by atoms with E-state index in [0.717, 1.165) is 40.8 Å². The van der Waals surface area contributed by atoms with Gasteiger partial charge >= 0.3 is 5.97 Å². The van der Waals surface area contributed by atoms with Crippen molar-refractivity contribution in [3.8, 4) is 5.69 Å². The van der Waals surface area contributed by atoms with Gasteiger partial charge in [-0.05, 0) is 62.7 Å². The summed E-state index contributed by atoms with van der Waals surface area (Å²) in [6, 6.07) is 13.5. The van der Waals surface area contributed by atoms with Crippen molar-refractivity contribution < 1.29 is 9.90 Å². The van der Waals surface area contributed by atoms with Gasteiger partial charge in [0.1, 0.15) is 5.69 Å². The van der Waals surface area contributed by atoms with Crippen molar-refractivity contribution in [1.82, 2.24) is 9.47 Å². The smallest absolute Gasteiger partial charge is 0.353 e. The van der Waals surface area contributed by atoms with Crippen LogP contribution in [0.2, 0.25) is 5.02 Å². The quantitative estimate of drug-likeness (QED) is 0.713. The molecule has 1 N–H and O–H groups in total. The number of aryl methyl sites for hydroxylation is 1. The predicted molar refractivity (Wildman–Crippen MR) is 104 cm³/mol. The Labute approximate surface area is 157 Å². The fourth-order valence-electron chi connectivity index (χ4n) is 3.88. The molecule has 26 heavy (non-hydrogen) atoms. The van der Waals surface area contributed by atoms with Gasteiger partial charge in [0.25, 0.3) is 0 Å². The van der Waals surface area contributed by atoms with Crippen LogP contribution < -0.4 is 0 Å². The van der Waals surface area contributed by atoms with E-state index in [0.29, 0.717) is 17.3 Å². The number of halogens is 1. The average Bonchev–Trinajstić information content (AvgIpc) is 3.23. The Hall–Kier alpha value is -2.30. The third-order valence-electron chi connectivity index (χ3n) is 5.15. The largest absolute Gasteiger partial charge is 0.477 e. The summed E-state index contributed by atoms with van der Waals surface area (Å²) in [7, 11) is 0. The lowest BCUT2D eigenvalue weighted by molar-refractivity contribution is 0.0686. The summed E-state index contributed by atoms with van der Waals surface area (Å²) in [5, 5.41) is 11.7. The van der Waals surface area contributed by atoms with Gasteiger partial charge in [0.15, 0.2) is 0 Å². The fourth-order valence-corrected chi connectivity index (χ4v) is 4.03. The molecule has 2 aromatic carbocycles. The number of nitrogens with zero attached hydrogens (tertiary/aromatic N) is 2. The molecule has 3 aromatic rings. The molecule has 0 radical (unpaired) electrons. The van der Waals surface area contributed by atoms with Crippen molar-refractivity contribution in [2.75, 3.05) is 13.1 Å². The van der Waals surface area contributed by atoms with E-state index in [4.69, 9.17) is 11.6 Å². The van der Waals surface area contributed by atoms with Crippen LogP contribution >= 0.6 is 11.6 Å². The molecule has 1 fully saturated rings. The maximum atomic E-state index is 12.3. The van der Waals surface area contributed by atoms with Crippen LogP contribution in [-0.4, -0.2) is 33.6 Å². The molecule has 5 heteroatoms. The van der Waals surface area contributed by atoms with E-state index in [1.165, 1.54) is 12.8 Å². The molecule has 0 bridgehead atoms. The van der Waals surface area contributed by atoms with Gasteiger partial charge in [-0.2, -0.15) is 0 Å². The van der Waals surface area contributed by atoms with Crippen LogP contribution in [-0.2, 0) is 6.54 Å². The van der Waals surface area contributed by atoms with Crippen LogP contribution in [0.3, 0.4) is 0 Å². The number of carbonyl (C=O) groups is 1. The van der Waals surface area contributed by atoms with Gasteiger partial charge < -0.3 is 9.67 Å². The normalized spacial score (nSPS) is 15.0. The zero-order valence-electron chi connectivity index (χ0n) is 14.7. The van der Waals surface area contributed by atoms with Crippen molar-refractivity contribution >= 4 is 28.5 Å². The summed E-state index contributed by atoms with van der Waals surface area (Å²) >= 11 is 6.39. The molecular weight excluding hydrogens is 348 g/mol. The lowest BCUT2D eigenvalue weighted by Gasteiger charge is -2.15. The molecule has 4 rings (SSSR count). The number of hydrogen-bond acceptors (Lipinski definition) is 2. The maximum absolute atomic E-state index is 12.3. The number of carboxylic acids is 1. The third-order valence-corrected chi connectivity index (χ3v) is 5.56. The minimum Gasteiger partial charge on any atom is -0.477 e. The number of fused-ring (bicyclic) bond motifs is 1. The first kappa shape index (κ1) is 17.1.